The highest BCUT2D eigenvalue weighted by Gasteiger charge is 2.14. The largest absolute Gasteiger partial charge is 0.493 e. The Morgan fingerprint density at radius 1 is 0.966 bits per heavy atom. The summed E-state index contributed by atoms with van der Waals surface area (Å²) >= 11 is 0. The maximum Gasteiger partial charge on any atom is 0.251 e. The molecule has 0 aliphatic heterocycles. The highest BCUT2D eigenvalue weighted by atomic mass is 16.5. The summed E-state index contributed by atoms with van der Waals surface area (Å²) in [5.74, 6) is 1.40. The average molecular weight is 389 g/mol. The van der Waals surface area contributed by atoms with Crippen LogP contribution in [0, 0.1) is 6.92 Å². The van der Waals surface area contributed by atoms with Gasteiger partial charge in [-0.15, -0.1) is 0 Å². The number of hydrogen-bond donors (Lipinski definition) is 1. The van der Waals surface area contributed by atoms with Gasteiger partial charge >= 0.3 is 0 Å². The molecule has 29 heavy (non-hydrogen) atoms. The van der Waals surface area contributed by atoms with Gasteiger partial charge in [-0.3, -0.25) is 4.79 Å². The van der Waals surface area contributed by atoms with Gasteiger partial charge in [0.05, 0.1) is 12.6 Å². The Bertz CT molecular complexity index is 953. The molecule has 0 bridgehead atoms. The van der Waals surface area contributed by atoms with E-state index in [1.165, 1.54) is 0 Å². The first-order chi connectivity index (χ1) is 14.1. The predicted molar refractivity (Wildman–Crippen MR) is 115 cm³/mol. The van der Waals surface area contributed by atoms with Crippen LogP contribution in [0.3, 0.4) is 0 Å². The molecule has 3 aromatic carbocycles. The van der Waals surface area contributed by atoms with Crippen LogP contribution in [0.1, 0.15) is 46.9 Å². The second-order valence-corrected chi connectivity index (χ2v) is 6.97. The molecule has 0 aromatic heterocycles. The zero-order valence-electron chi connectivity index (χ0n) is 17.1. The van der Waals surface area contributed by atoms with Crippen molar-refractivity contribution in [3.8, 4) is 11.5 Å². The number of amides is 1. The molecule has 0 unspecified atom stereocenters. The van der Waals surface area contributed by atoms with Crippen molar-refractivity contribution in [3.05, 3.63) is 95.1 Å². The Morgan fingerprint density at radius 3 is 2.48 bits per heavy atom. The van der Waals surface area contributed by atoms with E-state index in [4.69, 9.17) is 9.47 Å². The number of benzene rings is 3. The van der Waals surface area contributed by atoms with Crippen LogP contribution in [0.5, 0.6) is 11.5 Å². The number of ether oxygens (including phenoxy) is 2. The van der Waals surface area contributed by atoms with Crippen LogP contribution in [0.4, 0.5) is 0 Å². The summed E-state index contributed by atoms with van der Waals surface area (Å²) in [4.78, 5) is 12.8. The van der Waals surface area contributed by atoms with Crippen LogP contribution < -0.4 is 14.8 Å². The molecule has 4 nitrogen and oxygen atoms in total. The van der Waals surface area contributed by atoms with Crippen LogP contribution in [-0.2, 0) is 6.61 Å². The van der Waals surface area contributed by atoms with E-state index in [1.54, 1.807) is 6.07 Å². The van der Waals surface area contributed by atoms with Gasteiger partial charge in [0, 0.05) is 11.1 Å². The molecule has 4 heteroatoms. The Labute approximate surface area is 172 Å². The summed E-state index contributed by atoms with van der Waals surface area (Å²) in [6.07, 6.45) is 0. The summed E-state index contributed by atoms with van der Waals surface area (Å²) in [7, 11) is 0. The lowest BCUT2D eigenvalue weighted by atomic mass is 10.1. The fourth-order valence-corrected chi connectivity index (χ4v) is 3.10. The summed E-state index contributed by atoms with van der Waals surface area (Å²) < 4.78 is 11.7. The van der Waals surface area contributed by atoms with E-state index in [1.807, 2.05) is 87.5 Å². The predicted octanol–water partition coefficient (Wildman–Crippen LogP) is 5.46. The molecule has 3 rings (SSSR count). The van der Waals surface area contributed by atoms with Gasteiger partial charge in [-0.05, 0) is 62.2 Å². The van der Waals surface area contributed by atoms with E-state index < -0.39 is 0 Å². The highest BCUT2D eigenvalue weighted by Crippen LogP contribution is 2.24. The molecule has 150 valence electrons. The smallest absolute Gasteiger partial charge is 0.251 e. The lowest BCUT2D eigenvalue weighted by Gasteiger charge is -2.16. The lowest BCUT2D eigenvalue weighted by molar-refractivity contribution is 0.0939. The maximum absolute atomic E-state index is 12.8. The third-order valence-electron chi connectivity index (χ3n) is 4.65. The topological polar surface area (TPSA) is 47.6 Å². The molecule has 0 fully saturated rings. The molecule has 0 saturated carbocycles. The first-order valence-corrected chi connectivity index (χ1v) is 9.88. The minimum Gasteiger partial charge on any atom is -0.493 e. The monoisotopic (exact) mass is 389 g/mol. The quantitative estimate of drug-likeness (QED) is 0.556. The number of rotatable bonds is 8. The van der Waals surface area contributed by atoms with Crippen LogP contribution >= 0.6 is 0 Å². The number of carbonyl (C=O) groups is 1. The van der Waals surface area contributed by atoms with Crippen molar-refractivity contribution in [3.63, 3.8) is 0 Å². The molecule has 0 spiro atoms. The Hall–Kier alpha value is -3.27. The molecule has 1 amide bonds. The molecule has 3 aromatic rings. The van der Waals surface area contributed by atoms with Gasteiger partial charge in [-0.2, -0.15) is 0 Å². The zero-order valence-corrected chi connectivity index (χ0v) is 17.1. The van der Waals surface area contributed by atoms with Crippen molar-refractivity contribution in [1.82, 2.24) is 5.32 Å². The molecule has 0 aliphatic carbocycles. The SMILES string of the molecule is CCOc1ccc(C(=O)N[C@@H](C)c2ccccc2)cc1COc1cccc(C)c1. The molecule has 0 radical (unpaired) electrons. The summed E-state index contributed by atoms with van der Waals surface area (Å²) in [5, 5.41) is 3.05. The van der Waals surface area contributed by atoms with E-state index in [0.29, 0.717) is 18.8 Å². The molecular weight excluding hydrogens is 362 g/mol. The van der Waals surface area contributed by atoms with Gasteiger partial charge < -0.3 is 14.8 Å². The molecule has 0 heterocycles. The standard InChI is InChI=1S/C25H27NO3/c1-4-28-24-14-13-21(25(27)26-19(3)20-10-6-5-7-11-20)16-22(24)17-29-23-12-8-9-18(2)15-23/h5-16,19H,4,17H2,1-3H3,(H,26,27)/t19-/m0/s1. The highest BCUT2D eigenvalue weighted by molar-refractivity contribution is 5.94. The van der Waals surface area contributed by atoms with Crippen molar-refractivity contribution in [2.45, 2.75) is 33.4 Å². The van der Waals surface area contributed by atoms with E-state index in [2.05, 4.69) is 5.32 Å². The third kappa shape index (κ3) is 5.61. The number of carbonyl (C=O) groups excluding carboxylic acids is 1. The van der Waals surface area contributed by atoms with E-state index in [-0.39, 0.29) is 11.9 Å². The number of hydrogen-bond acceptors (Lipinski definition) is 3. The van der Waals surface area contributed by atoms with Crippen LogP contribution in [0.25, 0.3) is 0 Å². The average Bonchev–Trinajstić information content (AvgIpc) is 2.74. The normalized spacial score (nSPS) is 11.6. The molecule has 1 atom stereocenters. The second kappa shape index (κ2) is 9.78. The summed E-state index contributed by atoms with van der Waals surface area (Å²) in [6.45, 7) is 6.82. The van der Waals surface area contributed by atoms with Gasteiger partial charge in [0.15, 0.2) is 0 Å². The van der Waals surface area contributed by atoms with Crippen LogP contribution in [-0.4, -0.2) is 12.5 Å². The van der Waals surface area contributed by atoms with Gasteiger partial charge in [-0.25, -0.2) is 0 Å². The number of nitrogens with one attached hydrogen (secondary N) is 1. The van der Waals surface area contributed by atoms with Crippen LogP contribution in [0.2, 0.25) is 0 Å². The van der Waals surface area contributed by atoms with Gasteiger partial charge in [-0.1, -0.05) is 42.5 Å². The molecule has 0 saturated heterocycles. The van der Waals surface area contributed by atoms with Crippen molar-refractivity contribution < 1.29 is 14.3 Å². The number of aryl methyl sites for hydroxylation is 1. The summed E-state index contributed by atoms with van der Waals surface area (Å²) in [6, 6.07) is 23.2. The van der Waals surface area contributed by atoms with E-state index >= 15 is 0 Å². The van der Waals surface area contributed by atoms with E-state index in [0.717, 1.165) is 28.2 Å². The Kier molecular flexibility index (Phi) is 6.90. The second-order valence-electron chi connectivity index (χ2n) is 6.97. The van der Waals surface area contributed by atoms with Crippen molar-refractivity contribution in [2.24, 2.45) is 0 Å². The first-order valence-electron chi connectivity index (χ1n) is 9.88. The van der Waals surface area contributed by atoms with Crippen molar-refractivity contribution in [2.75, 3.05) is 6.61 Å². The third-order valence-corrected chi connectivity index (χ3v) is 4.65. The fraction of sp³-hybridized carbons (Fsp3) is 0.240. The molecule has 1 N–H and O–H groups in total. The van der Waals surface area contributed by atoms with Gasteiger partial charge in [0.1, 0.15) is 18.1 Å². The maximum atomic E-state index is 12.8. The Morgan fingerprint density at radius 2 is 1.76 bits per heavy atom. The zero-order chi connectivity index (χ0) is 20.6. The van der Waals surface area contributed by atoms with Gasteiger partial charge in [0.2, 0.25) is 0 Å². The van der Waals surface area contributed by atoms with Gasteiger partial charge in [0.25, 0.3) is 5.91 Å². The Balaban J connectivity index is 1.75. The van der Waals surface area contributed by atoms with E-state index in [9.17, 15) is 4.79 Å². The minimum absolute atomic E-state index is 0.0812. The van der Waals surface area contributed by atoms with Crippen LogP contribution in [0.15, 0.2) is 72.8 Å². The molecular formula is C25H27NO3. The fourth-order valence-electron chi connectivity index (χ4n) is 3.10. The van der Waals surface area contributed by atoms with Crippen molar-refractivity contribution >= 4 is 5.91 Å². The first kappa shape index (κ1) is 20.5. The summed E-state index contributed by atoms with van der Waals surface area (Å²) in [5.41, 5.74) is 3.62. The van der Waals surface area contributed by atoms with Crippen molar-refractivity contribution in [1.29, 1.82) is 0 Å². The lowest BCUT2D eigenvalue weighted by Crippen LogP contribution is -2.26. The molecule has 0 aliphatic rings. The minimum atomic E-state index is -0.124.